The van der Waals surface area contributed by atoms with Gasteiger partial charge in [-0.1, -0.05) is 6.92 Å². The first-order valence-corrected chi connectivity index (χ1v) is 6.62. The summed E-state index contributed by atoms with van der Waals surface area (Å²) in [5.41, 5.74) is 0. The molecule has 3 aliphatic heterocycles. The number of fused-ring (bicyclic) bond motifs is 1. The summed E-state index contributed by atoms with van der Waals surface area (Å²) in [6.45, 7) is 6.14. The Labute approximate surface area is 106 Å². The molecule has 3 rings (SSSR count). The first-order valence-electron chi connectivity index (χ1n) is 6.62. The number of carbonyl (C=O) groups is 2. The molecular formula is C12H19N3O3. The molecule has 100 valence electrons. The molecule has 0 aromatic heterocycles. The molecule has 0 aromatic rings. The van der Waals surface area contributed by atoms with E-state index < -0.39 is 0 Å². The molecule has 2 atom stereocenters. The van der Waals surface area contributed by atoms with Gasteiger partial charge < -0.3 is 14.5 Å². The first kappa shape index (κ1) is 11.6. The zero-order valence-electron chi connectivity index (χ0n) is 10.7. The number of piperazine rings is 1. The van der Waals surface area contributed by atoms with Crippen LogP contribution in [0.5, 0.6) is 0 Å². The molecule has 3 aliphatic rings. The van der Waals surface area contributed by atoms with E-state index in [0.29, 0.717) is 32.2 Å². The van der Waals surface area contributed by atoms with Gasteiger partial charge in [-0.3, -0.25) is 4.90 Å². The lowest BCUT2D eigenvalue weighted by atomic mass is 10.2. The Morgan fingerprint density at radius 2 is 2.00 bits per heavy atom. The van der Waals surface area contributed by atoms with Crippen LogP contribution in [0, 0.1) is 5.92 Å². The van der Waals surface area contributed by atoms with Crippen molar-refractivity contribution >= 4 is 12.1 Å². The van der Waals surface area contributed by atoms with Crippen molar-refractivity contribution in [3.05, 3.63) is 0 Å². The van der Waals surface area contributed by atoms with Gasteiger partial charge in [-0.05, 0) is 12.3 Å². The Morgan fingerprint density at radius 1 is 1.22 bits per heavy atom. The van der Waals surface area contributed by atoms with Crippen LogP contribution in [0.1, 0.15) is 13.3 Å². The molecule has 3 heterocycles. The van der Waals surface area contributed by atoms with E-state index >= 15 is 0 Å². The third kappa shape index (κ3) is 1.89. The Bertz CT molecular complexity index is 374. The summed E-state index contributed by atoms with van der Waals surface area (Å²) in [4.78, 5) is 29.2. The van der Waals surface area contributed by atoms with Crippen LogP contribution in [-0.4, -0.2) is 72.2 Å². The highest BCUT2D eigenvalue weighted by Gasteiger charge is 2.40. The topological polar surface area (TPSA) is 53.1 Å². The molecule has 0 radical (unpaired) electrons. The molecule has 6 nitrogen and oxygen atoms in total. The summed E-state index contributed by atoms with van der Waals surface area (Å²) in [5, 5.41) is 0. The van der Waals surface area contributed by atoms with Gasteiger partial charge in [-0.25, -0.2) is 9.59 Å². The zero-order chi connectivity index (χ0) is 12.7. The Kier molecular flexibility index (Phi) is 2.80. The first-order chi connectivity index (χ1) is 8.65. The number of nitrogens with zero attached hydrogens (tertiary/aromatic N) is 3. The third-order valence-electron chi connectivity index (χ3n) is 4.08. The highest BCUT2D eigenvalue weighted by molar-refractivity contribution is 5.76. The molecule has 0 saturated carbocycles. The second kappa shape index (κ2) is 4.33. The lowest BCUT2D eigenvalue weighted by Crippen LogP contribution is -2.56. The van der Waals surface area contributed by atoms with E-state index in [1.165, 1.54) is 0 Å². The smallest absolute Gasteiger partial charge is 0.410 e. The van der Waals surface area contributed by atoms with E-state index in [-0.39, 0.29) is 18.2 Å². The number of cyclic esters (lactones) is 1. The minimum absolute atomic E-state index is 0.0511. The van der Waals surface area contributed by atoms with Gasteiger partial charge in [0.2, 0.25) is 0 Å². The molecule has 3 amide bonds. The van der Waals surface area contributed by atoms with Gasteiger partial charge in [0.05, 0.1) is 6.04 Å². The Hall–Kier alpha value is -1.46. The van der Waals surface area contributed by atoms with Crippen LogP contribution in [0.4, 0.5) is 9.59 Å². The maximum absolute atomic E-state index is 12.3. The second-order valence-electron chi connectivity index (χ2n) is 5.49. The van der Waals surface area contributed by atoms with Crippen LogP contribution < -0.4 is 0 Å². The second-order valence-corrected chi connectivity index (χ2v) is 5.49. The summed E-state index contributed by atoms with van der Waals surface area (Å²) < 4.78 is 5.01. The molecular weight excluding hydrogens is 234 g/mol. The minimum atomic E-state index is -0.234. The summed E-state index contributed by atoms with van der Waals surface area (Å²) >= 11 is 0. The molecule has 0 spiro atoms. The van der Waals surface area contributed by atoms with E-state index in [2.05, 4.69) is 6.92 Å². The highest BCUT2D eigenvalue weighted by Crippen LogP contribution is 2.21. The average molecular weight is 253 g/mol. The minimum Gasteiger partial charge on any atom is -0.447 e. The molecule has 3 saturated heterocycles. The Balaban J connectivity index is 1.61. The largest absolute Gasteiger partial charge is 0.447 e. The van der Waals surface area contributed by atoms with Crippen molar-refractivity contribution in [3.63, 3.8) is 0 Å². The molecule has 18 heavy (non-hydrogen) atoms. The van der Waals surface area contributed by atoms with Gasteiger partial charge >= 0.3 is 12.1 Å². The maximum atomic E-state index is 12.3. The molecule has 6 heteroatoms. The molecule has 0 aliphatic carbocycles. The summed E-state index contributed by atoms with van der Waals surface area (Å²) in [6, 6.07) is 0.175. The fraction of sp³-hybridized carbons (Fsp3) is 0.833. The number of hydrogen-bond acceptors (Lipinski definition) is 3. The predicted molar refractivity (Wildman–Crippen MR) is 64.2 cm³/mol. The van der Waals surface area contributed by atoms with E-state index in [1.54, 1.807) is 4.90 Å². The monoisotopic (exact) mass is 253 g/mol. The predicted octanol–water partition coefficient (Wildman–Crippen LogP) is 0.585. The van der Waals surface area contributed by atoms with Crippen LogP contribution in [0.25, 0.3) is 0 Å². The average Bonchev–Trinajstić information content (AvgIpc) is 2.95. The van der Waals surface area contributed by atoms with Gasteiger partial charge in [-0.15, -0.1) is 0 Å². The number of ether oxygens (including phenoxy) is 1. The van der Waals surface area contributed by atoms with Gasteiger partial charge in [-0.2, -0.15) is 0 Å². The summed E-state index contributed by atoms with van der Waals surface area (Å²) in [6.07, 6.45) is 0.860. The van der Waals surface area contributed by atoms with Crippen molar-refractivity contribution in [3.8, 4) is 0 Å². The quantitative estimate of drug-likeness (QED) is 0.634. The van der Waals surface area contributed by atoms with Gasteiger partial charge in [0.25, 0.3) is 0 Å². The van der Waals surface area contributed by atoms with Gasteiger partial charge in [0, 0.05) is 32.7 Å². The van der Waals surface area contributed by atoms with E-state index in [4.69, 9.17) is 4.74 Å². The van der Waals surface area contributed by atoms with Crippen molar-refractivity contribution in [1.29, 1.82) is 0 Å². The Morgan fingerprint density at radius 3 is 2.72 bits per heavy atom. The molecule has 0 aromatic carbocycles. The van der Waals surface area contributed by atoms with Crippen LogP contribution >= 0.6 is 0 Å². The van der Waals surface area contributed by atoms with Crippen molar-refractivity contribution in [1.82, 2.24) is 14.7 Å². The standard InChI is InChI=1S/C12H19N3O3/c1-9-2-3-13(6-9)11(16)14-4-5-15-10(7-14)8-18-12(15)17/h9-10H,2-8H2,1H3. The van der Waals surface area contributed by atoms with E-state index in [0.717, 1.165) is 19.5 Å². The number of amides is 3. The van der Waals surface area contributed by atoms with Crippen LogP contribution in [0.3, 0.4) is 0 Å². The SMILES string of the molecule is CC1CCN(C(=O)N2CCN3C(=O)OCC3C2)C1. The van der Waals surface area contributed by atoms with Crippen molar-refractivity contribution < 1.29 is 14.3 Å². The summed E-state index contributed by atoms with van der Waals surface area (Å²) in [7, 11) is 0. The van der Waals surface area contributed by atoms with Gasteiger partial charge in [0.15, 0.2) is 0 Å². The normalized spacial score (nSPS) is 31.6. The number of likely N-dealkylation sites (tertiary alicyclic amines) is 1. The number of carbonyl (C=O) groups excluding carboxylic acids is 2. The fourth-order valence-corrected chi connectivity index (χ4v) is 2.97. The number of rotatable bonds is 0. The summed E-state index contributed by atoms with van der Waals surface area (Å²) in [5.74, 6) is 0.603. The van der Waals surface area contributed by atoms with Crippen molar-refractivity contribution in [2.24, 2.45) is 5.92 Å². The lowest BCUT2D eigenvalue weighted by molar-refractivity contribution is 0.110. The number of hydrogen-bond donors (Lipinski definition) is 0. The lowest BCUT2D eigenvalue weighted by Gasteiger charge is -2.37. The molecule has 0 N–H and O–H groups in total. The van der Waals surface area contributed by atoms with Crippen LogP contribution in [0.15, 0.2) is 0 Å². The van der Waals surface area contributed by atoms with E-state index in [1.807, 2.05) is 9.80 Å². The zero-order valence-corrected chi connectivity index (χ0v) is 10.7. The van der Waals surface area contributed by atoms with Crippen molar-refractivity contribution in [2.45, 2.75) is 19.4 Å². The third-order valence-corrected chi connectivity index (χ3v) is 4.08. The number of urea groups is 1. The maximum Gasteiger partial charge on any atom is 0.410 e. The molecule has 0 bridgehead atoms. The van der Waals surface area contributed by atoms with Crippen LogP contribution in [-0.2, 0) is 4.74 Å². The fourth-order valence-electron chi connectivity index (χ4n) is 2.97. The van der Waals surface area contributed by atoms with Crippen LogP contribution in [0.2, 0.25) is 0 Å². The van der Waals surface area contributed by atoms with Crippen molar-refractivity contribution in [2.75, 3.05) is 39.3 Å². The molecule has 2 unspecified atom stereocenters. The van der Waals surface area contributed by atoms with Gasteiger partial charge in [0.1, 0.15) is 6.61 Å². The molecule has 3 fully saturated rings. The van der Waals surface area contributed by atoms with E-state index in [9.17, 15) is 9.59 Å². The highest BCUT2D eigenvalue weighted by atomic mass is 16.6.